The normalized spacial score (nSPS) is 13.8. The number of aliphatic hydroxyl groups is 1. The fourth-order valence-corrected chi connectivity index (χ4v) is 1.10. The molecule has 0 bridgehead atoms. The molecule has 1 N–H and O–H groups in total. The van der Waals surface area contributed by atoms with Crippen LogP contribution in [0.1, 0.15) is 17.4 Å². The second kappa shape index (κ2) is 3.18. The van der Waals surface area contributed by atoms with E-state index in [1.165, 1.54) is 17.9 Å². The Hall–Kier alpha value is -0.970. The Bertz CT molecular complexity index is 253. The Kier molecular flexibility index (Phi) is 2.42. The summed E-state index contributed by atoms with van der Waals surface area (Å²) in [5.74, 6) is 0. The molecule has 0 fully saturated rings. The van der Waals surface area contributed by atoms with Crippen LogP contribution in [0.15, 0.2) is 6.20 Å². The van der Waals surface area contributed by atoms with Gasteiger partial charge < -0.3 is 5.11 Å². The molecule has 1 unspecified atom stereocenters. The van der Waals surface area contributed by atoms with Crippen LogP contribution in [0.4, 0.5) is 8.78 Å². The molecule has 0 saturated heterocycles. The molecule has 12 heavy (non-hydrogen) atoms. The lowest BCUT2D eigenvalue weighted by molar-refractivity contribution is -0.0106. The molecule has 1 aromatic heterocycles. The first-order valence-electron chi connectivity index (χ1n) is 3.48. The number of aromatic nitrogens is 2. The van der Waals surface area contributed by atoms with Crippen molar-refractivity contribution >= 4 is 0 Å². The third kappa shape index (κ3) is 1.45. The maximum atomic E-state index is 12.1. The predicted molar refractivity (Wildman–Crippen MR) is 38.9 cm³/mol. The van der Waals surface area contributed by atoms with Gasteiger partial charge in [-0.2, -0.15) is 5.10 Å². The van der Waals surface area contributed by atoms with Gasteiger partial charge in [-0.25, -0.2) is 8.78 Å². The highest BCUT2D eigenvalue weighted by Crippen LogP contribution is 2.22. The Balaban J connectivity index is 3.00. The van der Waals surface area contributed by atoms with Crippen molar-refractivity contribution in [2.24, 2.45) is 7.05 Å². The minimum Gasteiger partial charge on any atom is -0.381 e. The third-order valence-corrected chi connectivity index (χ3v) is 1.70. The van der Waals surface area contributed by atoms with Gasteiger partial charge in [0, 0.05) is 7.05 Å². The van der Waals surface area contributed by atoms with E-state index in [9.17, 15) is 8.78 Å². The second-order valence-corrected chi connectivity index (χ2v) is 2.62. The first-order chi connectivity index (χ1) is 5.54. The first-order valence-corrected chi connectivity index (χ1v) is 3.48. The van der Waals surface area contributed by atoms with E-state index in [1.54, 1.807) is 6.92 Å². The molecule has 0 aliphatic carbocycles. The van der Waals surface area contributed by atoms with Crippen molar-refractivity contribution in [2.75, 3.05) is 0 Å². The Morgan fingerprint density at radius 3 is 2.50 bits per heavy atom. The van der Waals surface area contributed by atoms with Gasteiger partial charge in [-0.05, 0) is 12.5 Å². The molecule has 0 amide bonds. The largest absolute Gasteiger partial charge is 0.381 e. The Morgan fingerprint density at radius 2 is 2.17 bits per heavy atom. The molecular formula is C7H10F2N2O. The van der Waals surface area contributed by atoms with Crippen LogP contribution in [0.2, 0.25) is 0 Å². The minimum absolute atomic E-state index is 0.171. The summed E-state index contributed by atoms with van der Waals surface area (Å²) >= 11 is 0. The van der Waals surface area contributed by atoms with Gasteiger partial charge in [0.2, 0.25) is 0 Å². The molecule has 0 radical (unpaired) electrons. The van der Waals surface area contributed by atoms with E-state index in [1.807, 2.05) is 0 Å². The minimum atomic E-state index is -2.76. The summed E-state index contributed by atoms with van der Waals surface area (Å²) in [6, 6.07) is 0. The summed E-state index contributed by atoms with van der Waals surface area (Å²) in [6.07, 6.45) is -3.06. The Labute approximate surface area is 68.6 Å². The number of halogens is 2. The maximum absolute atomic E-state index is 12.1. The number of aliphatic hydroxyl groups excluding tert-OH is 1. The van der Waals surface area contributed by atoms with Crippen LogP contribution in [-0.4, -0.2) is 21.3 Å². The molecule has 0 aromatic carbocycles. The molecular weight excluding hydrogens is 166 g/mol. The number of aryl methyl sites for hydroxylation is 2. The van der Waals surface area contributed by atoms with Crippen LogP contribution in [0.3, 0.4) is 0 Å². The molecule has 0 saturated carbocycles. The van der Waals surface area contributed by atoms with Gasteiger partial charge in [-0.3, -0.25) is 4.68 Å². The highest BCUT2D eigenvalue weighted by Gasteiger charge is 2.23. The van der Waals surface area contributed by atoms with Crippen molar-refractivity contribution in [2.45, 2.75) is 19.5 Å². The molecule has 68 valence electrons. The summed E-state index contributed by atoms with van der Waals surface area (Å²) in [5, 5.41) is 12.8. The van der Waals surface area contributed by atoms with Crippen molar-refractivity contribution in [1.82, 2.24) is 9.78 Å². The lowest BCUT2D eigenvalue weighted by atomic mass is 10.2. The van der Waals surface area contributed by atoms with Crippen LogP contribution < -0.4 is 0 Å². The lowest BCUT2D eigenvalue weighted by Crippen LogP contribution is -2.13. The fourth-order valence-electron chi connectivity index (χ4n) is 1.10. The zero-order chi connectivity index (χ0) is 9.30. The van der Waals surface area contributed by atoms with E-state index in [2.05, 4.69) is 5.10 Å². The number of hydrogen-bond acceptors (Lipinski definition) is 2. The summed E-state index contributed by atoms with van der Waals surface area (Å²) in [7, 11) is 1.52. The van der Waals surface area contributed by atoms with Crippen LogP contribution in [0, 0.1) is 6.92 Å². The van der Waals surface area contributed by atoms with Gasteiger partial charge in [0.1, 0.15) is 0 Å². The van der Waals surface area contributed by atoms with Gasteiger partial charge in [-0.15, -0.1) is 0 Å². The van der Waals surface area contributed by atoms with Crippen LogP contribution in [0.5, 0.6) is 0 Å². The molecule has 0 aliphatic rings. The van der Waals surface area contributed by atoms with Crippen LogP contribution in [-0.2, 0) is 7.05 Å². The standard InChI is InChI=1S/C7H10F2N2O/c1-4-3-10-11(2)5(4)6(12)7(8)9/h3,6-7,12H,1-2H3. The lowest BCUT2D eigenvalue weighted by Gasteiger charge is -2.10. The summed E-state index contributed by atoms with van der Waals surface area (Å²) in [4.78, 5) is 0. The zero-order valence-electron chi connectivity index (χ0n) is 6.83. The number of rotatable bonds is 2. The average molecular weight is 176 g/mol. The summed E-state index contributed by atoms with van der Waals surface area (Å²) < 4.78 is 25.4. The molecule has 1 atom stereocenters. The van der Waals surface area contributed by atoms with Gasteiger partial charge in [0.05, 0.1) is 11.9 Å². The highest BCUT2D eigenvalue weighted by atomic mass is 19.3. The van der Waals surface area contributed by atoms with E-state index in [4.69, 9.17) is 5.11 Å². The fraction of sp³-hybridized carbons (Fsp3) is 0.571. The highest BCUT2D eigenvalue weighted by molar-refractivity contribution is 5.18. The van der Waals surface area contributed by atoms with Crippen molar-refractivity contribution in [3.8, 4) is 0 Å². The van der Waals surface area contributed by atoms with E-state index >= 15 is 0 Å². The van der Waals surface area contributed by atoms with Crippen LogP contribution >= 0.6 is 0 Å². The SMILES string of the molecule is Cc1cnn(C)c1C(O)C(F)F. The Morgan fingerprint density at radius 1 is 1.58 bits per heavy atom. The molecule has 0 spiro atoms. The predicted octanol–water partition coefficient (Wildman–Crippen LogP) is 1.03. The van der Waals surface area contributed by atoms with E-state index in [-0.39, 0.29) is 5.69 Å². The van der Waals surface area contributed by atoms with E-state index in [0.717, 1.165) is 0 Å². The van der Waals surface area contributed by atoms with Crippen molar-refractivity contribution in [3.63, 3.8) is 0 Å². The summed E-state index contributed by atoms with van der Waals surface area (Å²) in [6.45, 7) is 1.63. The quantitative estimate of drug-likeness (QED) is 0.730. The molecule has 0 aliphatic heterocycles. The second-order valence-electron chi connectivity index (χ2n) is 2.62. The third-order valence-electron chi connectivity index (χ3n) is 1.70. The number of hydrogen-bond donors (Lipinski definition) is 1. The van der Waals surface area contributed by atoms with Gasteiger partial charge in [-0.1, -0.05) is 0 Å². The van der Waals surface area contributed by atoms with E-state index < -0.39 is 12.5 Å². The molecule has 1 heterocycles. The van der Waals surface area contributed by atoms with Crippen molar-refractivity contribution in [1.29, 1.82) is 0 Å². The monoisotopic (exact) mass is 176 g/mol. The number of nitrogens with zero attached hydrogens (tertiary/aromatic N) is 2. The topological polar surface area (TPSA) is 38.0 Å². The van der Waals surface area contributed by atoms with Crippen LogP contribution in [0.25, 0.3) is 0 Å². The smallest absolute Gasteiger partial charge is 0.269 e. The van der Waals surface area contributed by atoms with Gasteiger partial charge >= 0.3 is 0 Å². The van der Waals surface area contributed by atoms with Crippen molar-refractivity contribution in [3.05, 3.63) is 17.5 Å². The molecule has 1 aromatic rings. The van der Waals surface area contributed by atoms with E-state index in [0.29, 0.717) is 5.56 Å². The molecule has 5 heteroatoms. The van der Waals surface area contributed by atoms with Gasteiger partial charge in [0.25, 0.3) is 6.43 Å². The average Bonchev–Trinajstić information content (AvgIpc) is 2.30. The zero-order valence-corrected chi connectivity index (χ0v) is 6.83. The maximum Gasteiger partial charge on any atom is 0.269 e. The summed E-state index contributed by atoms with van der Waals surface area (Å²) in [5.41, 5.74) is 0.746. The first kappa shape index (κ1) is 9.12. The van der Waals surface area contributed by atoms with Crippen molar-refractivity contribution < 1.29 is 13.9 Å². The number of alkyl halides is 2. The molecule has 3 nitrogen and oxygen atoms in total. The van der Waals surface area contributed by atoms with Gasteiger partial charge in [0.15, 0.2) is 6.10 Å². The molecule has 1 rings (SSSR count).